The van der Waals surface area contributed by atoms with Gasteiger partial charge < -0.3 is 15.5 Å². The molecule has 0 atom stereocenters. The van der Waals surface area contributed by atoms with Crippen molar-refractivity contribution in [1.29, 1.82) is 0 Å². The Bertz CT molecular complexity index is 1050. The van der Waals surface area contributed by atoms with E-state index in [0.717, 1.165) is 11.0 Å². The lowest BCUT2D eigenvalue weighted by atomic mass is 10.1. The standard InChI is InChI=1S/C16H10N3O3S/c20-15-14(9-10-5-1-3-7-12(10)19(21)22)23-16-17-11-6-2-4-8-13(11)18(15)16/h1-9H,(H-,20,21,22)/q-1. The number of imidazole rings is 1. The summed E-state index contributed by atoms with van der Waals surface area (Å²) in [7, 11) is 0. The van der Waals surface area contributed by atoms with Crippen molar-refractivity contribution in [1.82, 2.24) is 9.38 Å². The van der Waals surface area contributed by atoms with Gasteiger partial charge in [0.15, 0.2) is 4.96 Å². The lowest BCUT2D eigenvalue weighted by molar-refractivity contribution is -0.377. The van der Waals surface area contributed by atoms with Gasteiger partial charge >= 0.3 is 0 Å². The van der Waals surface area contributed by atoms with E-state index >= 15 is 0 Å². The summed E-state index contributed by atoms with van der Waals surface area (Å²) >= 11 is 1.29. The highest BCUT2D eigenvalue weighted by molar-refractivity contribution is 7.18. The van der Waals surface area contributed by atoms with Crippen LogP contribution in [0.1, 0.15) is 4.88 Å². The van der Waals surface area contributed by atoms with Crippen LogP contribution in [0.4, 0.5) is 0 Å². The molecular formula is C16H10N3O3S-. The van der Waals surface area contributed by atoms with Crippen molar-refractivity contribution in [2.24, 2.45) is 0 Å². The predicted molar refractivity (Wildman–Crippen MR) is 90.5 cm³/mol. The third-order valence-electron chi connectivity index (χ3n) is 3.58. The van der Waals surface area contributed by atoms with Crippen LogP contribution in [0, 0.1) is 10.4 Å². The van der Waals surface area contributed by atoms with Crippen LogP contribution in [-0.2, 0) is 0 Å². The largest absolute Gasteiger partial charge is 0.612 e. The van der Waals surface area contributed by atoms with Gasteiger partial charge in [0.1, 0.15) is 0 Å². The van der Waals surface area contributed by atoms with Crippen molar-refractivity contribution in [3.05, 3.63) is 69.4 Å². The van der Waals surface area contributed by atoms with Gasteiger partial charge in [-0.3, -0.25) is 4.40 Å². The maximum atomic E-state index is 11.1. The number of para-hydroxylation sites is 2. The Morgan fingerprint density at radius 3 is 2.78 bits per heavy atom. The van der Waals surface area contributed by atoms with E-state index in [-0.39, 0.29) is 11.6 Å². The smallest absolute Gasteiger partial charge is 0.230 e. The van der Waals surface area contributed by atoms with Gasteiger partial charge in [-0.25, -0.2) is 4.98 Å². The molecule has 6 nitrogen and oxygen atoms in total. The van der Waals surface area contributed by atoms with Crippen LogP contribution in [0.5, 0.6) is 5.88 Å². The summed E-state index contributed by atoms with van der Waals surface area (Å²) in [5, 5.41) is 32.7. The van der Waals surface area contributed by atoms with E-state index in [2.05, 4.69) is 4.98 Å². The molecule has 0 radical (unpaired) electrons. The minimum Gasteiger partial charge on any atom is -0.612 e. The third kappa shape index (κ3) is 2.09. The maximum absolute atomic E-state index is 11.1. The monoisotopic (exact) mass is 324 g/mol. The number of aromatic nitrogens is 2. The fourth-order valence-corrected chi connectivity index (χ4v) is 3.53. The topological polar surface area (TPSA) is 86.7 Å². The maximum Gasteiger partial charge on any atom is 0.230 e. The summed E-state index contributed by atoms with van der Waals surface area (Å²) in [5.74, 6) is 0.0388. The number of aromatic hydroxyl groups is 1. The van der Waals surface area contributed by atoms with Gasteiger partial charge in [0.05, 0.1) is 15.9 Å². The molecule has 1 aliphatic rings. The van der Waals surface area contributed by atoms with E-state index < -0.39 is 4.90 Å². The van der Waals surface area contributed by atoms with E-state index in [9.17, 15) is 15.5 Å². The number of nitrogens with zero attached hydrogens (tertiary/aromatic N) is 3. The number of allylic oxidation sites excluding steroid dienone is 5. The first-order chi connectivity index (χ1) is 11.1. The second kappa shape index (κ2) is 4.99. The van der Waals surface area contributed by atoms with E-state index in [1.54, 1.807) is 28.7 Å². The van der Waals surface area contributed by atoms with Crippen molar-refractivity contribution >= 4 is 39.1 Å². The van der Waals surface area contributed by atoms with E-state index in [1.165, 1.54) is 17.4 Å². The minimum atomic E-state index is -0.434. The summed E-state index contributed by atoms with van der Waals surface area (Å²) in [5.41, 5.74) is 2.05. The Morgan fingerprint density at radius 2 is 1.96 bits per heavy atom. The quantitative estimate of drug-likeness (QED) is 0.550. The SMILES string of the molecule is [O-][N+]([O-])=C1C=CC=CC1=Cc1sc2nc3ccccc3n2c1O. The molecule has 0 saturated carbocycles. The molecule has 2 aromatic heterocycles. The number of rotatable bonds is 1. The zero-order valence-electron chi connectivity index (χ0n) is 11.7. The third-order valence-corrected chi connectivity index (χ3v) is 4.56. The Labute approximate surface area is 134 Å². The molecule has 23 heavy (non-hydrogen) atoms. The van der Waals surface area contributed by atoms with Crippen molar-refractivity contribution in [3.63, 3.8) is 0 Å². The molecule has 3 aromatic rings. The molecule has 0 amide bonds. The molecule has 0 unspecified atom stereocenters. The van der Waals surface area contributed by atoms with E-state index in [4.69, 9.17) is 0 Å². The first-order valence-corrected chi connectivity index (χ1v) is 7.64. The van der Waals surface area contributed by atoms with Gasteiger partial charge in [-0.2, -0.15) is 4.90 Å². The molecule has 1 aromatic carbocycles. The van der Waals surface area contributed by atoms with Gasteiger partial charge in [-0.05, 0) is 24.3 Å². The fraction of sp³-hybridized carbons (Fsp3) is 0. The van der Waals surface area contributed by atoms with Crippen molar-refractivity contribution in [2.75, 3.05) is 0 Å². The average molecular weight is 324 g/mol. The number of thiazole rings is 1. The highest BCUT2D eigenvalue weighted by Crippen LogP contribution is 2.34. The zero-order chi connectivity index (χ0) is 16.0. The zero-order valence-corrected chi connectivity index (χ0v) is 12.5. The van der Waals surface area contributed by atoms with Crippen LogP contribution in [0.3, 0.4) is 0 Å². The van der Waals surface area contributed by atoms with Crippen molar-refractivity contribution < 1.29 is 10.0 Å². The Balaban J connectivity index is 1.92. The summed E-state index contributed by atoms with van der Waals surface area (Å²) in [6.07, 6.45) is 8.05. The van der Waals surface area contributed by atoms with Crippen LogP contribution < -0.4 is 0 Å². The first kappa shape index (κ1) is 13.6. The first-order valence-electron chi connectivity index (χ1n) is 6.82. The normalized spacial score (nSPS) is 16.0. The fourth-order valence-electron chi connectivity index (χ4n) is 2.54. The second-order valence-electron chi connectivity index (χ2n) is 4.97. The molecule has 4 rings (SSSR count). The van der Waals surface area contributed by atoms with Crippen molar-refractivity contribution in [2.45, 2.75) is 0 Å². The number of hydrogen-bond acceptors (Lipinski definition) is 5. The lowest BCUT2D eigenvalue weighted by Gasteiger charge is -2.10. The lowest BCUT2D eigenvalue weighted by Crippen LogP contribution is -2.11. The molecule has 114 valence electrons. The molecule has 2 heterocycles. The highest BCUT2D eigenvalue weighted by Gasteiger charge is 2.17. The molecule has 1 N–H and O–H groups in total. The van der Waals surface area contributed by atoms with Crippen LogP contribution in [-0.4, -0.2) is 25.1 Å². The van der Waals surface area contributed by atoms with Crippen molar-refractivity contribution in [3.8, 4) is 5.88 Å². The number of fused-ring (bicyclic) bond motifs is 3. The molecule has 0 aliphatic heterocycles. The van der Waals surface area contributed by atoms with Crippen LogP contribution >= 0.6 is 11.3 Å². The molecule has 0 saturated heterocycles. The molecule has 0 bridgehead atoms. The minimum absolute atomic E-state index is 0.00259. The molecule has 7 heteroatoms. The molecular weight excluding hydrogens is 314 g/mol. The van der Waals surface area contributed by atoms with Crippen LogP contribution in [0.15, 0.2) is 54.1 Å². The average Bonchev–Trinajstić information content (AvgIpc) is 3.05. The molecule has 1 aliphatic carbocycles. The Kier molecular flexibility index (Phi) is 2.95. The summed E-state index contributed by atoms with van der Waals surface area (Å²) in [6.45, 7) is 0. The van der Waals surface area contributed by atoms with E-state index in [0.29, 0.717) is 15.4 Å². The van der Waals surface area contributed by atoms with Crippen LogP contribution in [0.25, 0.3) is 22.1 Å². The van der Waals surface area contributed by atoms with Gasteiger partial charge in [0.25, 0.3) is 0 Å². The predicted octanol–water partition coefficient (Wildman–Crippen LogP) is 3.21. The highest BCUT2D eigenvalue weighted by atomic mass is 32.1. The summed E-state index contributed by atoms with van der Waals surface area (Å²) in [4.78, 5) is 5.21. The number of hydrogen-bond donors (Lipinski definition) is 1. The summed E-state index contributed by atoms with van der Waals surface area (Å²) in [6, 6.07) is 7.51. The van der Waals surface area contributed by atoms with Gasteiger partial charge in [0, 0.05) is 11.6 Å². The van der Waals surface area contributed by atoms with E-state index in [1.807, 2.05) is 24.3 Å². The molecule has 0 fully saturated rings. The number of benzene rings is 1. The van der Waals surface area contributed by atoms with Gasteiger partial charge in [0.2, 0.25) is 11.6 Å². The molecule has 0 spiro atoms. The van der Waals surface area contributed by atoms with Gasteiger partial charge in [-0.15, -0.1) is 0 Å². The van der Waals surface area contributed by atoms with Crippen LogP contribution in [0.2, 0.25) is 0 Å². The summed E-state index contributed by atoms with van der Waals surface area (Å²) < 4.78 is 1.65. The Hall–Kier alpha value is -3.06. The van der Waals surface area contributed by atoms with Gasteiger partial charge in [-0.1, -0.05) is 35.6 Å². The Morgan fingerprint density at radius 1 is 1.17 bits per heavy atom. The second-order valence-corrected chi connectivity index (χ2v) is 5.98.